The molecule has 2 aliphatic heterocycles. The first-order valence-electron chi connectivity index (χ1n) is 10.2. The number of nitrogens with one attached hydrogen (secondary N) is 1. The normalized spacial score (nSPS) is 19.5. The number of aromatic nitrogens is 1. The van der Waals surface area contributed by atoms with Crippen molar-refractivity contribution < 1.29 is 28.9 Å². The number of rotatable bonds is 5. The number of carbonyl (C=O) groups is 1. The van der Waals surface area contributed by atoms with Crippen LogP contribution in [0.1, 0.15) is 24.3 Å². The third-order valence-electron chi connectivity index (χ3n) is 5.46. The molecule has 0 unspecified atom stereocenters. The molecule has 9 nitrogen and oxygen atoms in total. The van der Waals surface area contributed by atoms with Crippen molar-refractivity contribution in [3.8, 4) is 5.75 Å². The van der Waals surface area contributed by atoms with Crippen LogP contribution in [0.3, 0.4) is 0 Å². The van der Waals surface area contributed by atoms with Crippen LogP contribution < -0.4 is 10.1 Å². The topological polar surface area (TPSA) is 102 Å². The van der Waals surface area contributed by atoms with Gasteiger partial charge in [0.2, 0.25) is 0 Å². The van der Waals surface area contributed by atoms with Gasteiger partial charge in [0.05, 0.1) is 38.2 Å². The Hall–Kier alpha value is -1.98. The highest BCUT2D eigenvalue weighted by molar-refractivity contribution is 7.22. The predicted octanol–water partition coefficient (Wildman–Crippen LogP) is 2.60. The summed E-state index contributed by atoms with van der Waals surface area (Å²) in [5, 5.41) is 14.0. The zero-order valence-corrected chi connectivity index (χ0v) is 17.8. The van der Waals surface area contributed by atoms with Gasteiger partial charge in [-0.3, -0.25) is 5.32 Å². The zero-order chi connectivity index (χ0) is 20.9. The van der Waals surface area contributed by atoms with Crippen LogP contribution in [0.4, 0.5) is 9.93 Å². The van der Waals surface area contributed by atoms with Crippen molar-refractivity contribution in [3.63, 3.8) is 0 Å². The van der Waals surface area contributed by atoms with E-state index in [0.717, 1.165) is 23.1 Å². The van der Waals surface area contributed by atoms with Crippen LogP contribution in [0.25, 0.3) is 10.2 Å². The molecule has 4 rings (SSSR count). The number of hydroxylamine groups is 2. The Morgan fingerprint density at radius 2 is 2.03 bits per heavy atom. The minimum atomic E-state index is -0.571. The average molecular weight is 438 g/mol. The van der Waals surface area contributed by atoms with Crippen molar-refractivity contribution in [1.29, 1.82) is 0 Å². The van der Waals surface area contributed by atoms with E-state index in [1.165, 1.54) is 11.3 Å². The van der Waals surface area contributed by atoms with E-state index in [1.54, 1.807) is 12.2 Å². The molecule has 0 atom stereocenters. The molecule has 30 heavy (non-hydrogen) atoms. The Bertz CT molecular complexity index is 860. The van der Waals surface area contributed by atoms with Gasteiger partial charge in [-0.2, -0.15) is 0 Å². The van der Waals surface area contributed by atoms with E-state index < -0.39 is 6.09 Å². The molecule has 0 aliphatic carbocycles. The van der Waals surface area contributed by atoms with E-state index in [4.69, 9.17) is 19.0 Å². The number of aliphatic hydroxyl groups is 1. The number of fused-ring (bicyclic) bond motifs is 1. The van der Waals surface area contributed by atoms with E-state index in [2.05, 4.69) is 10.3 Å². The number of hydrogen-bond donors (Lipinski definition) is 2. The van der Waals surface area contributed by atoms with Crippen LogP contribution in [-0.4, -0.2) is 74.5 Å². The van der Waals surface area contributed by atoms with Crippen molar-refractivity contribution in [1.82, 2.24) is 10.0 Å². The molecule has 0 spiro atoms. The van der Waals surface area contributed by atoms with Crippen LogP contribution in [0.15, 0.2) is 12.1 Å². The molecule has 164 valence electrons. The molecule has 2 aliphatic rings. The van der Waals surface area contributed by atoms with Gasteiger partial charge in [-0.1, -0.05) is 17.4 Å². The number of amides is 1. The fourth-order valence-corrected chi connectivity index (χ4v) is 4.81. The molecule has 2 fully saturated rings. The van der Waals surface area contributed by atoms with Crippen LogP contribution in [0.2, 0.25) is 0 Å². The summed E-state index contributed by atoms with van der Waals surface area (Å²) < 4.78 is 17.7. The summed E-state index contributed by atoms with van der Waals surface area (Å²) in [6.45, 7) is 3.73. The average Bonchev–Trinajstić information content (AvgIpc) is 2.99. The second-order valence-electron chi connectivity index (χ2n) is 7.46. The molecule has 1 aromatic heterocycles. The number of anilines is 1. The molecule has 0 saturated carbocycles. The molecule has 2 saturated heterocycles. The van der Waals surface area contributed by atoms with E-state index in [0.29, 0.717) is 55.9 Å². The van der Waals surface area contributed by atoms with Crippen molar-refractivity contribution in [2.75, 3.05) is 58.6 Å². The summed E-state index contributed by atoms with van der Waals surface area (Å²) in [7, 11) is 1.60. The summed E-state index contributed by atoms with van der Waals surface area (Å²) in [6.07, 6.45) is 1.03. The molecular formula is C20H27N3O6S. The SMILES string of the molecule is COc1ccc(C2COCCOC2)c2sc(NC(=O)ON3CCC(CO)CC3)nc12. The van der Waals surface area contributed by atoms with Gasteiger partial charge in [0.1, 0.15) is 11.3 Å². The molecular weight excluding hydrogens is 410 g/mol. The van der Waals surface area contributed by atoms with Gasteiger partial charge >= 0.3 is 6.09 Å². The zero-order valence-electron chi connectivity index (χ0n) is 17.0. The Morgan fingerprint density at radius 3 is 2.70 bits per heavy atom. The van der Waals surface area contributed by atoms with E-state index >= 15 is 0 Å². The van der Waals surface area contributed by atoms with Crippen LogP contribution >= 0.6 is 11.3 Å². The summed E-state index contributed by atoms with van der Waals surface area (Å²) in [5.74, 6) is 1.02. The molecule has 2 N–H and O–H groups in total. The third kappa shape index (κ3) is 4.84. The Labute approximate surface area is 178 Å². The Kier molecular flexibility index (Phi) is 7.00. The second-order valence-corrected chi connectivity index (χ2v) is 8.46. The monoisotopic (exact) mass is 437 g/mol. The first-order chi connectivity index (χ1) is 14.7. The van der Waals surface area contributed by atoms with E-state index in [-0.39, 0.29) is 18.4 Å². The maximum atomic E-state index is 12.4. The van der Waals surface area contributed by atoms with Crippen LogP contribution in [0, 0.1) is 5.92 Å². The lowest BCUT2D eigenvalue weighted by Crippen LogP contribution is -2.37. The van der Waals surface area contributed by atoms with E-state index in [9.17, 15) is 9.90 Å². The number of nitrogens with zero attached hydrogens (tertiary/aromatic N) is 2. The number of hydrogen-bond acceptors (Lipinski definition) is 9. The minimum Gasteiger partial charge on any atom is -0.494 e. The predicted molar refractivity (Wildman–Crippen MR) is 112 cm³/mol. The van der Waals surface area contributed by atoms with Gasteiger partial charge in [-0.15, -0.1) is 5.06 Å². The maximum Gasteiger partial charge on any atom is 0.432 e. The standard InChI is InChI=1S/C20H27N3O6S/c1-26-16-3-2-15(14-11-27-8-9-28-12-14)18-17(16)21-19(30-18)22-20(25)29-23-6-4-13(10-24)5-7-23/h2-3,13-14,24H,4-12H2,1H3,(H,21,22,25). The second kappa shape index (κ2) is 9.88. The van der Waals surface area contributed by atoms with Gasteiger partial charge in [-0.25, -0.2) is 9.78 Å². The first-order valence-corrected chi connectivity index (χ1v) is 11.0. The van der Waals surface area contributed by atoms with Gasteiger partial charge in [-0.05, 0) is 30.4 Å². The molecule has 10 heteroatoms. The molecule has 2 aromatic rings. The lowest BCUT2D eigenvalue weighted by atomic mass is 9.99. The Balaban J connectivity index is 1.49. The molecule has 1 amide bonds. The van der Waals surface area contributed by atoms with Gasteiger partial charge < -0.3 is 24.2 Å². The number of piperidine rings is 1. The maximum absolute atomic E-state index is 12.4. The smallest absolute Gasteiger partial charge is 0.432 e. The highest BCUT2D eigenvalue weighted by Gasteiger charge is 2.24. The largest absolute Gasteiger partial charge is 0.494 e. The van der Waals surface area contributed by atoms with Gasteiger partial charge in [0.15, 0.2) is 5.13 Å². The number of aliphatic hydroxyl groups excluding tert-OH is 1. The number of thiazole rings is 1. The summed E-state index contributed by atoms with van der Waals surface area (Å²) in [4.78, 5) is 22.3. The summed E-state index contributed by atoms with van der Waals surface area (Å²) in [5.41, 5.74) is 1.76. The minimum absolute atomic E-state index is 0.0916. The van der Waals surface area contributed by atoms with Gasteiger partial charge in [0.25, 0.3) is 0 Å². The summed E-state index contributed by atoms with van der Waals surface area (Å²) >= 11 is 1.38. The summed E-state index contributed by atoms with van der Waals surface area (Å²) in [6, 6.07) is 3.89. The fourth-order valence-electron chi connectivity index (χ4n) is 3.75. The van der Waals surface area contributed by atoms with E-state index in [1.807, 2.05) is 12.1 Å². The Morgan fingerprint density at radius 1 is 1.30 bits per heavy atom. The molecule has 0 bridgehead atoms. The van der Waals surface area contributed by atoms with Crippen molar-refractivity contribution in [2.45, 2.75) is 18.8 Å². The number of methoxy groups -OCH3 is 1. The number of ether oxygens (including phenoxy) is 3. The van der Waals surface area contributed by atoms with Crippen molar-refractivity contribution in [2.24, 2.45) is 5.92 Å². The third-order valence-corrected chi connectivity index (χ3v) is 6.48. The van der Waals surface area contributed by atoms with Gasteiger partial charge in [0, 0.05) is 25.6 Å². The lowest BCUT2D eigenvalue weighted by molar-refractivity contribution is -0.115. The van der Waals surface area contributed by atoms with Crippen molar-refractivity contribution >= 4 is 32.8 Å². The molecule has 3 heterocycles. The molecule has 0 radical (unpaired) electrons. The highest BCUT2D eigenvalue weighted by atomic mass is 32.1. The quantitative estimate of drug-likeness (QED) is 0.736. The first kappa shape index (κ1) is 21.3. The highest BCUT2D eigenvalue weighted by Crippen LogP contribution is 2.38. The lowest BCUT2D eigenvalue weighted by Gasteiger charge is -2.29. The number of carbonyl (C=O) groups excluding carboxylic acids is 1. The van der Waals surface area contributed by atoms with Crippen molar-refractivity contribution in [3.05, 3.63) is 17.7 Å². The van der Waals surface area contributed by atoms with Crippen LogP contribution in [0.5, 0.6) is 5.75 Å². The fraction of sp³-hybridized carbons (Fsp3) is 0.600. The van der Waals surface area contributed by atoms with Crippen LogP contribution in [-0.2, 0) is 14.3 Å². The number of benzene rings is 1. The molecule has 1 aromatic carbocycles.